The van der Waals surface area contributed by atoms with Gasteiger partial charge in [0.25, 0.3) is 0 Å². The number of hydrogen-bond donors (Lipinski definition) is 0. The lowest BCUT2D eigenvalue weighted by Gasteiger charge is -2.15. The molecular formula is C27H29FN2O2SSi. The Balaban J connectivity index is 1.50. The molecule has 0 fully saturated rings. The highest BCUT2D eigenvalue weighted by Gasteiger charge is 2.30. The van der Waals surface area contributed by atoms with Gasteiger partial charge in [-0.05, 0) is 54.1 Å². The summed E-state index contributed by atoms with van der Waals surface area (Å²) in [5.74, 6) is 0.616. The summed E-state index contributed by atoms with van der Waals surface area (Å²) < 4.78 is 26.9. The van der Waals surface area contributed by atoms with Crippen molar-refractivity contribution in [2.45, 2.75) is 38.8 Å². The fourth-order valence-corrected chi connectivity index (χ4v) is 6.18. The molecule has 7 heteroatoms. The number of rotatable bonds is 8. The molecule has 4 aromatic rings. The molecule has 0 bridgehead atoms. The van der Waals surface area contributed by atoms with Crippen LogP contribution >= 0.6 is 11.3 Å². The van der Waals surface area contributed by atoms with E-state index in [1.54, 1.807) is 18.4 Å². The molecule has 2 heterocycles. The Bertz CT molecular complexity index is 1300. The summed E-state index contributed by atoms with van der Waals surface area (Å²) in [7, 11) is 0.517. The molecule has 1 aliphatic carbocycles. The number of benzene rings is 2. The standard InChI is InChI=1S/C27H29FN2O2SSi/c1-31-21-11-7-19(8-12-21)26-23-16-25-22(15-24(33-25)18-5-9-20(28)10-6-18)27(23)30(29-26)17-32-13-14-34(2,3)4/h5-12,15H,13-14,16-17H2,1-4H3. The summed E-state index contributed by atoms with van der Waals surface area (Å²) in [6.45, 7) is 8.26. The number of aromatic nitrogens is 2. The van der Waals surface area contributed by atoms with Crippen LogP contribution in [0.3, 0.4) is 0 Å². The summed E-state index contributed by atoms with van der Waals surface area (Å²) in [5.41, 5.74) is 6.70. The lowest BCUT2D eigenvalue weighted by Crippen LogP contribution is -2.22. The van der Waals surface area contributed by atoms with E-state index in [0.717, 1.165) is 52.2 Å². The first-order chi connectivity index (χ1) is 16.3. The maximum Gasteiger partial charge on any atom is 0.140 e. The Morgan fingerprint density at radius 3 is 2.41 bits per heavy atom. The molecule has 0 aliphatic heterocycles. The van der Waals surface area contributed by atoms with Crippen molar-refractivity contribution in [2.24, 2.45) is 0 Å². The number of fused-ring (bicyclic) bond motifs is 3. The smallest absolute Gasteiger partial charge is 0.140 e. The molecular weight excluding hydrogens is 463 g/mol. The van der Waals surface area contributed by atoms with Gasteiger partial charge in [0.2, 0.25) is 0 Å². The van der Waals surface area contributed by atoms with Crippen molar-refractivity contribution in [2.75, 3.05) is 13.7 Å². The SMILES string of the molecule is COc1ccc(-c2nn(COCC[Si](C)(C)C)c3c2Cc2sc(-c4ccc(F)cc4)cc2-3)cc1. The normalized spacial score (nSPS) is 12.6. The van der Waals surface area contributed by atoms with Crippen molar-refractivity contribution in [3.63, 3.8) is 0 Å². The third-order valence-electron chi connectivity index (χ3n) is 6.15. The number of halogens is 1. The quantitative estimate of drug-likeness (QED) is 0.168. The lowest BCUT2D eigenvalue weighted by atomic mass is 10.1. The van der Waals surface area contributed by atoms with Crippen LogP contribution in [0.15, 0.2) is 54.6 Å². The first-order valence-electron chi connectivity index (χ1n) is 11.5. The molecule has 2 aromatic carbocycles. The fourth-order valence-electron chi connectivity index (χ4n) is 4.25. The zero-order valence-electron chi connectivity index (χ0n) is 20.0. The van der Waals surface area contributed by atoms with Crippen molar-refractivity contribution >= 4 is 19.4 Å². The minimum atomic E-state index is -1.16. The van der Waals surface area contributed by atoms with E-state index in [0.29, 0.717) is 6.73 Å². The van der Waals surface area contributed by atoms with Gasteiger partial charge in [0.05, 0.1) is 18.5 Å². The van der Waals surface area contributed by atoms with Gasteiger partial charge in [-0.15, -0.1) is 11.3 Å². The number of hydrogen-bond acceptors (Lipinski definition) is 4. The van der Waals surface area contributed by atoms with Crippen molar-refractivity contribution in [1.29, 1.82) is 0 Å². The van der Waals surface area contributed by atoms with Gasteiger partial charge >= 0.3 is 0 Å². The van der Waals surface area contributed by atoms with E-state index in [-0.39, 0.29) is 5.82 Å². The summed E-state index contributed by atoms with van der Waals surface area (Å²) in [5, 5.41) is 5.00. The number of nitrogens with zero attached hydrogens (tertiary/aromatic N) is 2. The van der Waals surface area contributed by atoms with E-state index < -0.39 is 8.07 Å². The van der Waals surface area contributed by atoms with Gasteiger partial charge in [-0.3, -0.25) is 0 Å². The largest absolute Gasteiger partial charge is 0.497 e. The van der Waals surface area contributed by atoms with Crippen LogP contribution in [-0.4, -0.2) is 31.6 Å². The maximum absolute atomic E-state index is 13.4. The minimum absolute atomic E-state index is 0.215. The molecule has 0 amide bonds. The predicted molar refractivity (Wildman–Crippen MR) is 140 cm³/mol. The van der Waals surface area contributed by atoms with Gasteiger partial charge in [0.1, 0.15) is 18.3 Å². The molecule has 5 rings (SSSR count). The van der Waals surface area contributed by atoms with Crippen LogP contribution < -0.4 is 4.74 Å². The molecule has 34 heavy (non-hydrogen) atoms. The molecule has 0 unspecified atom stereocenters. The van der Waals surface area contributed by atoms with Crippen LogP contribution in [0, 0.1) is 5.82 Å². The first kappa shape index (κ1) is 23.0. The maximum atomic E-state index is 13.4. The molecule has 0 saturated carbocycles. The topological polar surface area (TPSA) is 36.3 Å². The lowest BCUT2D eigenvalue weighted by molar-refractivity contribution is 0.0799. The Morgan fingerprint density at radius 1 is 1.03 bits per heavy atom. The van der Waals surface area contributed by atoms with E-state index in [9.17, 15) is 4.39 Å². The Labute approximate surface area is 205 Å². The average molecular weight is 493 g/mol. The second-order valence-corrected chi connectivity index (χ2v) is 16.6. The van der Waals surface area contributed by atoms with Gasteiger partial charge < -0.3 is 9.47 Å². The van der Waals surface area contributed by atoms with Gasteiger partial charge in [0, 0.05) is 47.5 Å². The third-order valence-corrected chi connectivity index (χ3v) is 9.04. The highest BCUT2D eigenvalue weighted by molar-refractivity contribution is 7.16. The minimum Gasteiger partial charge on any atom is -0.497 e. The van der Waals surface area contributed by atoms with Crippen LogP contribution in [-0.2, 0) is 17.9 Å². The summed E-state index contributed by atoms with van der Waals surface area (Å²) in [6.07, 6.45) is 0.840. The average Bonchev–Trinajstić information content (AvgIpc) is 3.47. The highest BCUT2D eigenvalue weighted by Crippen LogP contribution is 2.47. The van der Waals surface area contributed by atoms with Crippen molar-refractivity contribution < 1.29 is 13.9 Å². The summed E-state index contributed by atoms with van der Waals surface area (Å²) in [4.78, 5) is 2.46. The highest BCUT2D eigenvalue weighted by atomic mass is 32.1. The zero-order chi connectivity index (χ0) is 23.9. The summed E-state index contributed by atoms with van der Waals surface area (Å²) >= 11 is 1.77. The number of methoxy groups -OCH3 is 1. The van der Waals surface area contributed by atoms with E-state index in [1.807, 2.05) is 28.9 Å². The van der Waals surface area contributed by atoms with Crippen LogP contribution in [0.25, 0.3) is 33.0 Å². The van der Waals surface area contributed by atoms with Crippen molar-refractivity contribution in [1.82, 2.24) is 9.78 Å². The van der Waals surface area contributed by atoms with Gasteiger partial charge in [-0.25, -0.2) is 9.07 Å². The molecule has 0 spiro atoms. The zero-order valence-corrected chi connectivity index (χ0v) is 21.8. The second-order valence-electron chi connectivity index (χ2n) is 9.88. The van der Waals surface area contributed by atoms with Crippen LogP contribution in [0.1, 0.15) is 10.4 Å². The van der Waals surface area contributed by atoms with Gasteiger partial charge in [-0.2, -0.15) is 5.10 Å². The Kier molecular flexibility index (Phi) is 6.18. The monoisotopic (exact) mass is 492 g/mol. The fraction of sp³-hybridized carbons (Fsp3) is 0.296. The molecule has 0 atom stereocenters. The van der Waals surface area contributed by atoms with Crippen LogP contribution in [0.4, 0.5) is 4.39 Å². The first-order valence-corrected chi connectivity index (χ1v) is 16.1. The second kappa shape index (κ2) is 9.13. The molecule has 0 saturated heterocycles. The predicted octanol–water partition coefficient (Wildman–Crippen LogP) is 7.31. The van der Waals surface area contributed by atoms with Crippen molar-refractivity contribution in [3.05, 3.63) is 70.9 Å². The van der Waals surface area contributed by atoms with Gasteiger partial charge in [-0.1, -0.05) is 31.8 Å². The molecule has 0 N–H and O–H groups in total. The van der Waals surface area contributed by atoms with E-state index in [2.05, 4.69) is 37.8 Å². The Morgan fingerprint density at radius 2 is 1.74 bits per heavy atom. The van der Waals surface area contributed by atoms with E-state index in [4.69, 9.17) is 14.6 Å². The molecule has 2 aromatic heterocycles. The summed E-state index contributed by atoms with van der Waals surface area (Å²) in [6, 6.07) is 18.1. The molecule has 176 valence electrons. The van der Waals surface area contributed by atoms with Crippen LogP contribution in [0.2, 0.25) is 25.7 Å². The van der Waals surface area contributed by atoms with Crippen LogP contribution in [0.5, 0.6) is 5.75 Å². The molecule has 0 radical (unpaired) electrons. The molecule has 1 aliphatic rings. The molecule has 4 nitrogen and oxygen atoms in total. The number of ether oxygens (including phenoxy) is 2. The third kappa shape index (κ3) is 4.60. The van der Waals surface area contributed by atoms with E-state index >= 15 is 0 Å². The van der Waals surface area contributed by atoms with Gasteiger partial charge in [0.15, 0.2) is 0 Å². The van der Waals surface area contributed by atoms with E-state index in [1.165, 1.54) is 28.1 Å². The number of thiophene rings is 1. The van der Waals surface area contributed by atoms with Crippen molar-refractivity contribution in [3.8, 4) is 38.7 Å². The Hall–Kier alpha value is -2.74.